The van der Waals surface area contributed by atoms with Crippen LogP contribution in [0.4, 0.5) is 5.69 Å². The van der Waals surface area contributed by atoms with Crippen LogP contribution >= 0.6 is 0 Å². The van der Waals surface area contributed by atoms with Crippen LogP contribution in [0.5, 0.6) is 0 Å². The van der Waals surface area contributed by atoms with E-state index in [-0.39, 0.29) is 17.0 Å². The number of fused-ring (bicyclic) bond motifs is 1. The molecule has 1 unspecified atom stereocenters. The molecule has 2 aromatic carbocycles. The third-order valence-electron chi connectivity index (χ3n) is 5.98. The van der Waals surface area contributed by atoms with Crippen molar-refractivity contribution in [3.05, 3.63) is 70.3 Å². The van der Waals surface area contributed by atoms with Gasteiger partial charge in [-0.05, 0) is 73.6 Å². The predicted octanol–water partition coefficient (Wildman–Crippen LogP) is 4.94. The molecule has 1 N–H and O–H groups in total. The van der Waals surface area contributed by atoms with Crippen LogP contribution in [0, 0.1) is 18.3 Å². The van der Waals surface area contributed by atoms with Gasteiger partial charge in [0.1, 0.15) is 11.6 Å². The van der Waals surface area contributed by atoms with Gasteiger partial charge in [-0.25, -0.2) is 0 Å². The largest absolute Gasteiger partial charge is 0.369 e. The number of carbonyl (C=O) groups excluding carboxylic acids is 1. The second-order valence-corrected chi connectivity index (χ2v) is 8.58. The van der Waals surface area contributed by atoms with Crippen molar-refractivity contribution in [1.82, 2.24) is 5.32 Å². The van der Waals surface area contributed by atoms with Crippen molar-refractivity contribution in [2.45, 2.75) is 52.1 Å². The Balaban J connectivity index is 1.87. The van der Waals surface area contributed by atoms with Crippen molar-refractivity contribution in [3.8, 4) is 6.07 Å². The quantitative estimate of drug-likeness (QED) is 0.597. The van der Waals surface area contributed by atoms with Crippen molar-refractivity contribution < 1.29 is 4.79 Å². The first kappa shape index (κ1) is 20.7. The summed E-state index contributed by atoms with van der Waals surface area (Å²) in [5, 5.41) is 12.4. The summed E-state index contributed by atoms with van der Waals surface area (Å²) in [5.41, 5.74) is 5.72. The first-order valence-corrected chi connectivity index (χ1v) is 10.0. The summed E-state index contributed by atoms with van der Waals surface area (Å²) in [6.45, 7) is 9.21. The smallest absolute Gasteiger partial charge is 0.262 e. The predicted molar refractivity (Wildman–Crippen MR) is 119 cm³/mol. The normalized spacial score (nSPS) is 18.0. The lowest BCUT2D eigenvalue weighted by Gasteiger charge is -2.45. The summed E-state index contributed by atoms with van der Waals surface area (Å²) in [6.07, 6.45) is 2.77. The van der Waals surface area contributed by atoms with Crippen molar-refractivity contribution in [2.75, 3.05) is 11.9 Å². The highest BCUT2D eigenvalue weighted by Crippen LogP contribution is 2.43. The van der Waals surface area contributed by atoms with Crippen LogP contribution in [0.3, 0.4) is 0 Å². The molecule has 4 nitrogen and oxygen atoms in total. The zero-order valence-electron chi connectivity index (χ0n) is 17.9. The van der Waals surface area contributed by atoms with Gasteiger partial charge in [-0.3, -0.25) is 4.79 Å². The Morgan fingerprint density at radius 3 is 2.66 bits per heavy atom. The van der Waals surface area contributed by atoms with Crippen molar-refractivity contribution in [1.29, 1.82) is 5.26 Å². The molecular weight excluding hydrogens is 358 g/mol. The molecule has 3 rings (SSSR count). The van der Waals surface area contributed by atoms with E-state index in [0.29, 0.717) is 12.5 Å². The summed E-state index contributed by atoms with van der Waals surface area (Å²) < 4.78 is 0. The number of nitrogens with one attached hydrogen (secondary N) is 1. The number of hydrogen-bond acceptors (Lipinski definition) is 3. The number of anilines is 1. The number of rotatable bonds is 4. The lowest BCUT2D eigenvalue weighted by molar-refractivity contribution is -0.117. The summed E-state index contributed by atoms with van der Waals surface area (Å²) in [7, 11) is 2.14. The molecule has 150 valence electrons. The Kier molecular flexibility index (Phi) is 5.79. The van der Waals surface area contributed by atoms with Crippen LogP contribution in [0.25, 0.3) is 6.08 Å². The molecule has 0 fully saturated rings. The van der Waals surface area contributed by atoms with Gasteiger partial charge in [0.05, 0.1) is 0 Å². The topological polar surface area (TPSA) is 56.1 Å². The summed E-state index contributed by atoms with van der Waals surface area (Å²) in [4.78, 5) is 14.9. The highest BCUT2D eigenvalue weighted by Gasteiger charge is 2.34. The fourth-order valence-electron chi connectivity index (χ4n) is 4.07. The average Bonchev–Trinajstić information content (AvgIpc) is 2.69. The SMILES string of the molecule is Cc1cc2c(cc1/C=C(/C#N)C(=O)NCc1ccccc1)C(C)CC(C)(C)N2C. The van der Waals surface area contributed by atoms with E-state index >= 15 is 0 Å². The number of amides is 1. The molecule has 1 aliphatic rings. The molecule has 0 bridgehead atoms. The average molecular weight is 388 g/mol. The maximum Gasteiger partial charge on any atom is 0.262 e. The second kappa shape index (κ2) is 8.13. The van der Waals surface area contributed by atoms with Crippen LogP contribution in [0.2, 0.25) is 0 Å². The van der Waals surface area contributed by atoms with Gasteiger partial charge >= 0.3 is 0 Å². The Hall–Kier alpha value is -3.06. The molecular formula is C25H29N3O. The van der Waals surface area contributed by atoms with E-state index in [4.69, 9.17) is 0 Å². The Labute approximate surface area is 173 Å². The van der Waals surface area contributed by atoms with Crippen molar-refractivity contribution in [3.63, 3.8) is 0 Å². The number of benzene rings is 2. The van der Waals surface area contributed by atoms with Gasteiger partial charge in [0.25, 0.3) is 5.91 Å². The van der Waals surface area contributed by atoms with Gasteiger partial charge in [0.2, 0.25) is 0 Å². The monoisotopic (exact) mass is 387 g/mol. The minimum absolute atomic E-state index is 0.103. The highest BCUT2D eigenvalue weighted by molar-refractivity contribution is 6.01. The van der Waals surface area contributed by atoms with E-state index in [1.165, 1.54) is 11.3 Å². The number of nitrogens with zero attached hydrogens (tertiary/aromatic N) is 2. The Morgan fingerprint density at radius 2 is 2.00 bits per heavy atom. The van der Waals surface area contributed by atoms with Crippen molar-refractivity contribution >= 4 is 17.7 Å². The minimum atomic E-state index is -0.347. The van der Waals surface area contributed by atoms with Gasteiger partial charge in [-0.2, -0.15) is 5.26 Å². The molecule has 1 amide bonds. The van der Waals surface area contributed by atoms with Crippen LogP contribution in [0.15, 0.2) is 48.0 Å². The fourth-order valence-corrected chi connectivity index (χ4v) is 4.07. The summed E-state index contributed by atoms with van der Waals surface area (Å²) >= 11 is 0. The number of hydrogen-bond donors (Lipinski definition) is 1. The van der Waals surface area contributed by atoms with E-state index < -0.39 is 0 Å². The molecule has 1 aliphatic heterocycles. The van der Waals surface area contributed by atoms with Gasteiger partial charge < -0.3 is 10.2 Å². The van der Waals surface area contributed by atoms with E-state index in [1.54, 1.807) is 6.08 Å². The molecule has 2 aromatic rings. The van der Waals surface area contributed by atoms with Gasteiger partial charge in [0, 0.05) is 24.8 Å². The second-order valence-electron chi connectivity index (χ2n) is 8.58. The summed E-state index contributed by atoms with van der Waals surface area (Å²) in [5.74, 6) is 0.0705. The molecule has 0 spiro atoms. The van der Waals surface area contributed by atoms with Crippen molar-refractivity contribution in [2.24, 2.45) is 0 Å². The van der Waals surface area contributed by atoms with Gasteiger partial charge in [-0.15, -0.1) is 0 Å². The molecule has 0 aliphatic carbocycles. The molecule has 0 saturated carbocycles. The highest BCUT2D eigenvalue weighted by atomic mass is 16.1. The van der Waals surface area contributed by atoms with Crippen LogP contribution in [-0.4, -0.2) is 18.5 Å². The van der Waals surface area contributed by atoms with Crippen LogP contribution in [0.1, 0.15) is 55.4 Å². The molecule has 29 heavy (non-hydrogen) atoms. The van der Waals surface area contributed by atoms with E-state index in [2.05, 4.69) is 56.2 Å². The van der Waals surface area contributed by atoms with E-state index in [0.717, 1.165) is 23.1 Å². The first-order valence-electron chi connectivity index (χ1n) is 10.0. The molecule has 1 heterocycles. The lowest BCUT2D eigenvalue weighted by Crippen LogP contribution is -2.45. The van der Waals surface area contributed by atoms with Crippen LogP contribution in [-0.2, 0) is 11.3 Å². The zero-order chi connectivity index (χ0) is 21.2. The third-order valence-corrected chi connectivity index (χ3v) is 5.98. The number of aryl methyl sites for hydroxylation is 1. The molecule has 1 atom stereocenters. The van der Waals surface area contributed by atoms with E-state index in [9.17, 15) is 10.1 Å². The van der Waals surface area contributed by atoms with Gasteiger partial charge in [-0.1, -0.05) is 37.3 Å². The maximum absolute atomic E-state index is 12.5. The zero-order valence-corrected chi connectivity index (χ0v) is 17.9. The van der Waals surface area contributed by atoms with E-state index in [1.807, 2.05) is 37.3 Å². The Bertz CT molecular complexity index is 983. The third kappa shape index (κ3) is 4.35. The number of nitriles is 1. The molecule has 0 aromatic heterocycles. The fraction of sp³-hybridized carbons (Fsp3) is 0.360. The maximum atomic E-state index is 12.5. The Morgan fingerprint density at radius 1 is 1.31 bits per heavy atom. The molecule has 0 radical (unpaired) electrons. The standard InChI is InChI=1S/C25H29N3O/c1-17-11-23-22(18(2)14-25(3,4)28(23)5)13-20(17)12-21(15-26)24(29)27-16-19-9-7-6-8-10-19/h6-13,18H,14,16H2,1-5H3,(H,27,29)/b21-12-. The summed E-state index contributed by atoms with van der Waals surface area (Å²) in [6, 6.07) is 16.1. The van der Waals surface area contributed by atoms with Crippen LogP contribution < -0.4 is 10.2 Å². The molecule has 4 heteroatoms. The minimum Gasteiger partial charge on any atom is -0.369 e. The van der Waals surface area contributed by atoms with Gasteiger partial charge in [0.15, 0.2) is 0 Å². The first-order chi connectivity index (χ1) is 13.7. The molecule has 0 saturated heterocycles. The lowest BCUT2D eigenvalue weighted by atomic mass is 9.79. The number of carbonyl (C=O) groups is 1.